The Balaban J connectivity index is 2.86. The van der Waals surface area contributed by atoms with Gasteiger partial charge in [-0.25, -0.2) is 0 Å². The molecule has 0 bridgehead atoms. The molecule has 6 nitrogen and oxygen atoms in total. The SMILES string of the molecule is CCCNS(=O)(=O)Nc1ccc(C#N)cc1N. The summed E-state index contributed by atoms with van der Waals surface area (Å²) in [4.78, 5) is 0. The zero-order valence-corrected chi connectivity index (χ0v) is 10.2. The second-order valence-electron chi connectivity index (χ2n) is 3.41. The van der Waals surface area contributed by atoms with Gasteiger partial charge in [0.15, 0.2) is 0 Å². The Labute approximate surface area is 101 Å². The highest BCUT2D eigenvalue weighted by molar-refractivity contribution is 7.90. The standard InChI is InChI=1S/C10H14N4O2S/c1-2-5-13-17(15,16)14-10-4-3-8(7-11)6-9(10)12/h3-4,6,13-14H,2,5,12H2,1H3. The number of nitrogens with two attached hydrogens (primary N) is 1. The van der Waals surface area contributed by atoms with E-state index < -0.39 is 10.2 Å². The number of hydrogen-bond acceptors (Lipinski definition) is 4. The van der Waals surface area contributed by atoms with Crippen molar-refractivity contribution < 1.29 is 8.42 Å². The average Bonchev–Trinajstić information content (AvgIpc) is 2.29. The molecule has 0 saturated carbocycles. The van der Waals surface area contributed by atoms with Gasteiger partial charge in [0.1, 0.15) is 0 Å². The van der Waals surface area contributed by atoms with E-state index >= 15 is 0 Å². The van der Waals surface area contributed by atoms with Crippen molar-refractivity contribution in [1.29, 1.82) is 5.26 Å². The van der Waals surface area contributed by atoms with E-state index in [1.807, 2.05) is 13.0 Å². The first-order valence-corrected chi connectivity index (χ1v) is 6.54. The van der Waals surface area contributed by atoms with Gasteiger partial charge in [-0.2, -0.15) is 18.4 Å². The lowest BCUT2D eigenvalue weighted by atomic mass is 10.2. The molecule has 1 aromatic carbocycles. The van der Waals surface area contributed by atoms with Crippen molar-refractivity contribution in [3.63, 3.8) is 0 Å². The fourth-order valence-electron chi connectivity index (χ4n) is 1.14. The lowest BCUT2D eigenvalue weighted by Crippen LogP contribution is -2.30. The fraction of sp³-hybridized carbons (Fsp3) is 0.300. The molecular weight excluding hydrogens is 240 g/mol. The van der Waals surface area contributed by atoms with Gasteiger partial charge < -0.3 is 5.73 Å². The molecule has 0 aliphatic rings. The molecule has 0 unspecified atom stereocenters. The van der Waals surface area contributed by atoms with Crippen molar-refractivity contribution >= 4 is 21.6 Å². The van der Waals surface area contributed by atoms with Gasteiger partial charge in [0.2, 0.25) is 0 Å². The molecule has 1 aromatic rings. The average molecular weight is 254 g/mol. The first-order chi connectivity index (χ1) is 7.98. The van der Waals surface area contributed by atoms with Gasteiger partial charge in [0.05, 0.1) is 23.0 Å². The molecule has 0 amide bonds. The van der Waals surface area contributed by atoms with Crippen LogP contribution in [0.25, 0.3) is 0 Å². The third kappa shape index (κ3) is 3.94. The third-order valence-corrected chi connectivity index (χ3v) is 3.04. The molecule has 0 heterocycles. The van der Waals surface area contributed by atoms with Crippen LogP contribution in [0.2, 0.25) is 0 Å². The maximum atomic E-state index is 11.5. The first-order valence-electron chi connectivity index (χ1n) is 5.05. The fourth-order valence-corrected chi connectivity index (χ4v) is 2.16. The Kier molecular flexibility index (Phi) is 4.31. The van der Waals surface area contributed by atoms with E-state index in [1.54, 1.807) is 0 Å². The molecule has 0 fully saturated rings. The Bertz CT molecular complexity index is 534. The lowest BCUT2D eigenvalue weighted by Gasteiger charge is -2.10. The third-order valence-electron chi connectivity index (χ3n) is 1.97. The molecule has 92 valence electrons. The number of anilines is 2. The zero-order valence-electron chi connectivity index (χ0n) is 9.40. The Hall–Kier alpha value is -1.78. The largest absolute Gasteiger partial charge is 0.397 e. The predicted octanol–water partition coefficient (Wildman–Crippen LogP) is 0.797. The van der Waals surface area contributed by atoms with Crippen molar-refractivity contribution in [1.82, 2.24) is 4.72 Å². The van der Waals surface area contributed by atoms with Crippen molar-refractivity contribution in [2.24, 2.45) is 0 Å². The number of nitrogen functional groups attached to an aromatic ring is 1. The molecular formula is C10H14N4O2S. The zero-order chi connectivity index (χ0) is 12.9. The summed E-state index contributed by atoms with van der Waals surface area (Å²) < 4.78 is 27.7. The summed E-state index contributed by atoms with van der Waals surface area (Å²) in [6.45, 7) is 2.21. The Morgan fingerprint density at radius 1 is 1.47 bits per heavy atom. The molecule has 0 spiro atoms. The van der Waals surface area contributed by atoms with E-state index in [1.165, 1.54) is 18.2 Å². The van der Waals surface area contributed by atoms with Crippen LogP contribution in [-0.2, 0) is 10.2 Å². The summed E-state index contributed by atoms with van der Waals surface area (Å²) in [5.41, 5.74) is 6.48. The summed E-state index contributed by atoms with van der Waals surface area (Å²) in [6, 6.07) is 6.29. The van der Waals surface area contributed by atoms with E-state index in [0.717, 1.165) is 0 Å². The van der Waals surface area contributed by atoms with Crippen LogP contribution >= 0.6 is 0 Å². The summed E-state index contributed by atoms with van der Waals surface area (Å²) in [5, 5.41) is 8.65. The molecule has 0 aliphatic carbocycles. The highest BCUT2D eigenvalue weighted by Crippen LogP contribution is 2.20. The van der Waals surface area contributed by atoms with E-state index in [2.05, 4.69) is 9.44 Å². The number of rotatable bonds is 5. The van der Waals surface area contributed by atoms with Crippen LogP contribution < -0.4 is 15.2 Å². The Morgan fingerprint density at radius 3 is 2.71 bits per heavy atom. The van der Waals surface area contributed by atoms with Gasteiger partial charge >= 0.3 is 0 Å². The van der Waals surface area contributed by atoms with Gasteiger partial charge in [-0.15, -0.1) is 0 Å². The molecule has 17 heavy (non-hydrogen) atoms. The summed E-state index contributed by atoms with van der Waals surface area (Å²) in [5.74, 6) is 0. The maximum absolute atomic E-state index is 11.5. The number of hydrogen-bond donors (Lipinski definition) is 3. The second-order valence-corrected chi connectivity index (χ2v) is 4.91. The number of benzene rings is 1. The highest BCUT2D eigenvalue weighted by Gasteiger charge is 2.10. The van der Waals surface area contributed by atoms with Crippen LogP contribution in [0.4, 0.5) is 11.4 Å². The van der Waals surface area contributed by atoms with E-state index in [-0.39, 0.29) is 11.4 Å². The number of nitrogens with zero attached hydrogens (tertiary/aromatic N) is 1. The number of nitrogens with one attached hydrogen (secondary N) is 2. The molecule has 0 radical (unpaired) electrons. The molecule has 0 atom stereocenters. The van der Waals surface area contributed by atoms with Crippen LogP contribution in [0.1, 0.15) is 18.9 Å². The highest BCUT2D eigenvalue weighted by atomic mass is 32.2. The molecule has 0 aromatic heterocycles. The quantitative estimate of drug-likeness (QED) is 0.675. The van der Waals surface area contributed by atoms with Crippen LogP contribution in [0.5, 0.6) is 0 Å². The summed E-state index contributed by atoms with van der Waals surface area (Å²) in [6.07, 6.45) is 0.698. The normalized spacial score (nSPS) is 10.8. The van der Waals surface area contributed by atoms with Crippen LogP contribution in [0, 0.1) is 11.3 Å². The van der Waals surface area contributed by atoms with Gasteiger partial charge in [-0.05, 0) is 24.6 Å². The topological polar surface area (TPSA) is 108 Å². The van der Waals surface area contributed by atoms with Crippen LogP contribution in [0.15, 0.2) is 18.2 Å². The molecule has 0 saturated heterocycles. The molecule has 4 N–H and O–H groups in total. The van der Waals surface area contributed by atoms with Crippen molar-refractivity contribution in [3.8, 4) is 6.07 Å². The van der Waals surface area contributed by atoms with Crippen molar-refractivity contribution in [3.05, 3.63) is 23.8 Å². The predicted molar refractivity (Wildman–Crippen MR) is 66.4 cm³/mol. The maximum Gasteiger partial charge on any atom is 0.299 e. The van der Waals surface area contributed by atoms with Gasteiger partial charge in [0.25, 0.3) is 10.2 Å². The molecule has 1 rings (SSSR count). The van der Waals surface area contributed by atoms with Gasteiger partial charge in [-0.3, -0.25) is 4.72 Å². The minimum Gasteiger partial charge on any atom is -0.397 e. The van der Waals surface area contributed by atoms with Crippen LogP contribution in [0.3, 0.4) is 0 Å². The first kappa shape index (κ1) is 13.3. The minimum atomic E-state index is -3.60. The monoisotopic (exact) mass is 254 g/mol. The van der Waals surface area contributed by atoms with E-state index in [4.69, 9.17) is 11.0 Å². The smallest absolute Gasteiger partial charge is 0.299 e. The van der Waals surface area contributed by atoms with Crippen LogP contribution in [-0.4, -0.2) is 15.0 Å². The van der Waals surface area contributed by atoms with Crippen molar-refractivity contribution in [2.45, 2.75) is 13.3 Å². The summed E-state index contributed by atoms with van der Waals surface area (Å²) in [7, 11) is -3.60. The molecule has 7 heteroatoms. The molecule has 0 aliphatic heterocycles. The van der Waals surface area contributed by atoms with Gasteiger partial charge in [0, 0.05) is 6.54 Å². The Morgan fingerprint density at radius 2 is 2.18 bits per heavy atom. The van der Waals surface area contributed by atoms with Crippen molar-refractivity contribution in [2.75, 3.05) is 17.0 Å². The lowest BCUT2D eigenvalue weighted by molar-refractivity contribution is 0.586. The van der Waals surface area contributed by atoms with Gasteiger partial charge in [-0.1, -0.05) is 6.92 Å². The number of nitriles is 1. The summed E-state index contributed by atoms with van der Waals surface area (Å²) >= 11 is 0. The minimum absolute atomic E-state index is 0.214. The van der Waals surface area contributed by atoms with E-state index in [9.17, 15) is 8.42 Å². The second kappa shape index (κ2) is 5.52. The van der Waals surface area contributed by atoms with E-state index in [0.29, 0.717) is 18.5 Å².